The molecule has 0 spiro atoms. The van der Waals surface area contributed by atoms with Crippen LogP contribution in [0.1, 0.15) is 23.8 Å². The molecule has 0 aliphatic heterocycles. The molecule has 25 heavy (non-hydrogen) atoms. The van der Waals surface area contributed by atoms with E-state index in [9.17, 15) is 9.59 Å². The van der Waals surface area contributed by atoms with Crippen molar-refractivity contribution in [3.63, 3.8) is 0 Å². The first-order valence-electron chi connectivity index (χ1n) is 7.99. The molecule has 2 amide bonds. The zero-order valence-corrected chi connectivity index (χ0v) is 15.5. The molecule has 1 atom stereocenters. The summed E-state index contributed by atoms with van der Waals surface area (Å²) in [7, 11) is 0. The first-order chi connectivity index (χ1) is 12.0. The number of carbonyl (C=O) groups excluding carboxylic acids is 1. The molecule has 1 aromatic carbocycles. The number of hydrogen-bond acceptors (Lipinski definition) is 3. The molecule has 7 heteroatoms. The number of nitrogens with one attached hydrogen (secondary N) is 1. The Labute approximate surface area is 156 Å². The Morgan fingerprint density at radius 3 is 2.60 bits per heavy atom. The summed E-state index contributed by atoms with van der Waals surface area (Å²) < 4.78 is 0. The minimum Gasteiger partial charge on any atom is -0.481 e. The molecule has 0 saturated carbocycles. The van der Waals surface area contributed by atoms with Crippen LogP contribution in [-0.2, 0) is 17.8 Å². The topological polar surface area (TPSA) is 69.6 Å². The van der Waals surface area contributed by atoms with E-state index in [0.717, 1.165) is 12.0 Å². The maximum absolute atomic E-state index is 12.6. The average molecular weight is 381 g/mol. The van der Waals surface area contributed by atoms with Gasteiger partial charge in [0, 0.05) is 35.5 Å². The molecule has 134 valence electrons. The van der Waals surface area contributed by atoms with Crippen molar-refractivity contribution in [3.8, 4) is 0 Å². The van der Waals surface area contributed by atoms with Crippen LogP contribution in [0.5, 0.6) is 0 Å². The lowest BCUT2D eigenvalue weighted by Gasteiger charge is -2.29. The van der Waals surface area contributed by atoms with Crippen LogP contribution in [0.4, 0.5) is 4.79 Å². The smallest absolute Gasteiger partial charge is 0.317 e. The van der Waals surface area contributed by atoms with Crippen molar-refractivity contribution < 1.29 is 14.7 Å². The third-order valence-electron chi connectivity index (χ3n) is 3.75. The third kappa shape index (κ3) is 6.40. The predicted octanol–water partition coefficient (Wildman–Crippen LogP) is 4.02. The summed E-state index contributed by atoms with van der Waals surface area (Å²) in [6.07, 6.45) is 0.650. The van der Waals surface area contributed by atoms with Crippen molar-refractivity contribution >= 4 is 34.9 Å². The van der Waals surface area contributed by atoms with Crippen LogP contribution < -0.4 is 5.32 Å². The third-order valence-corrected chi connectivity index (χ3v) is 4.90. The van der Waals surface area contributed by atoms with Gasteiger partial charge in [0.05, 0.1) is 6.42 Å². The van der Waals surface area contributed by atoms with Gasteiger partial charge in [-0.3, -0.25) is 4.79 Å². The fraction of sp³-hybridized carbons (Fsp3) is 0.333. The van der Waals surface area contributed by atoms with Gasteiger partial charge in [0.15, 0.2) is 0 Å². The minimum atomic E-state index is -0.934. The number of carboxylic acids is 1. The molecule has 0 radical (unpaired) electrons. The van der Waals surface area contributed by atoms with Gasteiger partial charge in [0.2, 0.25) is 0 Å². The summed E-state index contributed by atoms with van der Waals surface area (Å²) in [6, 6.07) is 11.1. The Kier molecular flexibility index (Phi) is 7.28. The van der Waals surface area contributed by atoms with E-state index < -0.39 is 5.97 Å². The van der Waals surface area contributed by atoms with Gasteiger partial charge in [-0.15, -0.1) is 11.3 Å². The van der Waals surface area contributed by atoms with Crippen molar-refractivity contribution in [2.45, 2.75) is 32.4 Å². The van der Waals surface area contributed by atoms with Gasteiger partial charge in [-0.1, -0.05) is 29.8 Å². The highest BCUT2D eigenvalue weighted by atomic mass is 35.5. The quantitative estimate of drug-likeness (QED) is 0.726. The highest BCUT2D eigenvalue weighted by Crippen LogP contribution is 2.18. The second-order valence-corrected chi connectivity index (χ2v) is 7.23. The number of carboxylic acid groups (broad SMARTS) is 1. The predicted molar refractivity (Wildman–Crippen MR) is 100 cm³/mol. The van der Waals surface area contributed by atoms with Crippen LogP contribution in [0.25, 0.3) is 0 Å². The van der Waals surface area contributed by atoms with Crippen LogP contribution in [0, 0.1) is 0 Å². The molecule has 1 unspecified atom stereocenters. The van der Waals surface area contributed by atoms with E-state index in [0.29, 0.717) is 11.6 Å². The number of benzene rings is 1. The fourth-order valence-electron chi connectivity index (χ4n) is 2.42. The van der Waals surface area contributed by atoms with Crippen molar-refractivity contribution in [1.82, 2.24) is 10.2 Å². The van der Waals surface area contributed by atoms with Crippen LogP contribution in [0.2, 0.25) is 5.02 Å². The number of amides is 2. The molecule has 0 fully saturated rings. The van der Waals surface area contributed by atoms with E-state index in [2.05, 4.69) is 5.32 Å². The number of urea groups is 1. The minimum absolute atomic E-state index is 0.0286. The molecule has 2 aromatic rings. The number of thiophene rings is 1. The number of carbonyl (C=O) groups is 2. The van der Waals surface area contributed by atoms with Gasteiger partial charge in [0.25, 0.3) is 0 Å². The molecular weight excluding hydrogens is 360 g/mol. The molecule has 2 N–H and O–H groups in total. The monoisotopic (exact) mass is 380 g/mol. The SMILES string of the molecule is CC(Cc1cccs1)N(Cc1ccc(Cl)cc1)C(=O)NCCC(=O)O. The van der Waals surface area contributed by atoms with Gasteiger partial charge in [-0.2, -0.15) is 0 Å². The molecule has 0 aliphatic rings. The van der Waals surface area contributed by atoms with E-state index >= 15 is 0 Å². The summed E-state index contributed by atoms with van der Waals surface area (Å²) >= 11 is 7.58. The van der Waals surface area contributed by atoms with Crippen LogP contribution in [0.3, 0.4) is 0 Å². The summed E-state index contributed by atoms with van der Waals surface area (Å²) in [6.45, 7) is 2.53. The largest absolute Gasteiger partial charge is 0.481 e. The lowest BCUT2D eigenvalue weighted by Crippen LogP contribution is -2.45. The zero-order valence-electron chi connectivity index (χ0n) is 13.9. The number of nitrogens with zero attached hydrogens (tertiary/aromatic N) is 1. The number of hydrogen-bond donors (Lipinski definition) is 2. The highest BCUT2D eigenvalue weighted by molar-refractivity contribution is 7.09. The van der Waals surface area contributed by atoms with Crippen molar-refractivity contribution in [2.75, 3.05) is 6.54 Å². The van der Waals surface area contributed by atoms with Gasteiger partial charge in [-0.25, -0.2) is 4.79 Å². The summed E-state index contributed by atoms with van der Waals surface area (Å²) in [5.41, 5.74) is 0.968. The Bertz CT molecular complexity index is 689. The standard InChI is InChI=1S/C18H21ClN2O3S/c1-13(11-16-3-2-10-25-16)21(18(24)20-9-8-17(22)23)12-14-4-6-15(19)7-5-14/h2-7,10,13H,8-9,11-12H2,1H3,(H,20,24)(H,22,23). The van der Waals surface area contributed by atoms with Gasteiger partial charge < -0.3 is 15.3 Å². The number of halogens is 1. The van der Waals surface area contributed by atoms with E-state index in [-0.39, 0.29) is 25.0 Å². The van der Waals surface area contributed by atoms with Gasteiger partial charge in [-0.05, 0) is 36.1 Å². The molecule has 1 heterocycles. The van der Waals surface area contributed by atoms with Crippen molar-refractivity contribution in [1.29, 1.82) is 0 Å². The zero-order chi connectivity index (χ0) is 18.2. The molecule has 1 aromatic heterocycles. The van der Waals surface area contributed by atoms with Crippen LogP contribution >= 0.6 is 22.9 Å². The van der Waals surface area contributed by atoms with Crippen molar-refractivity contribution in [2.24, 2.45) is 0 Å². The summed E-state index contributed by atoms with van der Waals surface area (Å²) in [4.78, 5) is 26.1. The van der Waals surface area contributed by atoms with Gasteiger partial charge >= 0.3 is 12.0 Å². The van der Waals surface area contributed by atoms with E-state index in [1.54, 1.807) is 28.4 Å². The maximum atomic E-state index is 12.6. The van der Waals surface area contributed by atoms with E-state index in [4.69, 9.17) is 16.7 Å². The van der Waals surface area contributed by atoms with E-state index in [1.165, 1.54) is 4.88 Å². The Morgan fingerprint density at radius 2 is 2.00 bits per heavy atom. The maximum Gasteiger partial charge on any atom is 0.317 e. The Hall–Kier alpha value is -2.05. The van der Waals surface area contributed by atoms with Crippen LogP contribution in [0.15, 0.2) is 41.8 Å². The molecule has 0 bridgehead atoms. The lowest BCUT2D eigenvalue weighted by molar-refractivity contribution is -0.136. The normalized spacial score (nSPS) is 11.8. The second-order valence-electron chi connectivity index (χ2n) is 5.76. The Balaban J connectivity index is 2.07. The first kappa shape index (κ1) is 19.3. The average Bonchev–Trinajstić information content (AvgIpc) is 3.06. The fourth-order valence-corrected chi connectivity index (χ4v) is 3.37. The van der Waals surface area contributed by atoms with Gasteiger partial charge in [0.1, 0.15) is 0 Å². The van der Waals surface area contributed by atoms with E-state index in [1.807, 2.05) is 36.6 Å². The summed E-state index contributed by atoms with van der Waals surface area (Å²) in [5, 5.41) is 14.1. The number of rotatable bonds is 8. The molecule has 0 saturated heterocycles. The number of aliphatic carboxylic acids is 1. The summed E-state index contributed by atoms with van der Waals surface area (Å²) in [5.74, 6) is -0.934. The molecule has 2 rings (SSSR count). The second kappa shape index (κ2) is 9.44. The van der Waals surface area contributed by atoms with Crippen molar-refractivity contribution in [3.05, 3.63) is 57.2 Å². The first-order valence-corrected chi connectivity index (χ1v) is 9.24. The molecule has 0 aliphatic carbocycles. The molecular formula is C18H21ClN2O3S. The lowest BCUT2D eigenvalue weighted by atomic mass is 10.1. The van der Waals surface area contributed by atoms with Crippen LogP contribution in [-0.4, -0.2) is 34.6 Å². The Morgan fingerprint density at radius 1 is 1.28 bits per heavy atom. The highest BCUT2D eigenvalue weighted by Gasteiger charge is 2.21. The molecule has 5 nitrogen and oxygen atoms in total.